The average Bonchev–Trinajstić information content (AvgIpc) is 3.08. The van der Waals surface area contributed by atoms with E-state index < -0.39 is 0 Å². The van der Waals surface area contributed by atoms with E-state index in [0.717, 1.165) is 70.8 Å². The zero-order valence-electron chi connectivity index (χ0n) is 17.1. The molecule has 156 valence electrons. The molecule has 8 nitrogen and oxygen atoms in total. The Kier molecular flexibility index (Phi) is 7.44. The molecule has 3 rings (SSSR count). The van der Waals surface area contributed by atoms with Crippen LogP contribution in [-0.2, 0) is 17.7 Å². The van der Waals surface area contributed by atoms with Crippen LogP contribution in [0.25, 0.3) is 0 Å². The number of amides is 2. The van der Waals surface area contributed by atoms with Crippen LogP contribution in [0, 0.1) is 5.92 Å². The molecule has 3 heterocycles. The van der Waals surface area contributed by atoms with Gasteiger partial charge in [0.25, 0.3) is 11.8 Å². The van der Waals surface area contributed by atoms with E-state index in [0.29, 0.717) is 30.5 Å². The Balaban J connectivity index is 1.62. The molecule has 28 heavy (non-hydrogen) atoms. The summed E-state index contributed by atoms with van der Waals surface area (Å²) in [6, 6.07) is 0. The number of nitrogens with one attached hydrogen (secondary N) is 2. The summed E-state index contributed by atoms with van der Waals surface area (Å²) in [5, 5.41) is 5.92. The van der Waals surface area contributed by atoms with Crippen LogP contribution >= 0.6 is 0 Å². The Hall–Kier alpha value is -1.93. The van der Waals surface area contributed by atoms with Crippen molar-refractivity contribution in [1.29, 1.82) is 0 Å². The zero-order chi connectivity index (χ0) is 19.9. The van der Waals surface area contributed by atoms with Gasteiger partial charge in [0.15, 0.2) is 5.82 Å². The first kappa shape index (κ1) is 20.8. The monoisotopic (exact) mass is 391 g/mol. The lowest BCUT2D eigenvalue weighted by atomic mass is 10.1. The van der Waals surface area contributed by atoms with E-state index >= 15 is 0 Å². The molecule has 1 aromatic heterocycles. The number of aromatic nitrogens is 2. The number of carbonyl (C=O) groups excluding carboxylic acids is 2. The maximum atomic E-state index is 12.7. The Bertz CT molecular complexity index is 680. The smallest absolute Gasteiger partial charge is 0.287 e. The topological polar surface area (TPSA) is 88.5 Å². The fraction of sp³-hybridized carbons (Fsp3) is 0.750. The third-order valence-corrected chi connectivity index (χ3v) is 5.36. The lowest BCUT2D eigenvalue weighted by molar-refractivity contribution is 0.0383. The highest BCUT2D eigenvalue weighted by Gasteiger charge is 2.27. The van der Waals surface area contributed by atoms with E-state index in [1.807, 2.05) is 4.57 Å². The summed E-state index contributed by atoms with van der Waals surface area (Å²) < 4.78 is 7.28. The zero-order valence-corrected chi connectivity index (χ0v) is 17.1. The van der Waals surface area contributed by atoms with Gasteiger partial charge in [0.2, 0.25) is 0 Å². The molecule has 0 saturated carbocycles. The molecule has 1 aromatic rings. The molecular formula is C20H33N5O3. The van der Waals surface area contributed by atoms with Crippen LogP contribution < -0.4 is 10.6 Å². The second kappa shape index (κ2) is 10.0. The van der Waals surface area contributed by atoms with Gasteiger partial charge in [-0.2, -0.15) is 0 Å². The number of ether oxygens (including phenoxy) is 1. The number of hydrogen-bond acceptors (Lipinski definition) is 5. The van der Waals surface area contributed by atoms with E-state index in [1.165, 1.54) is 0 Å². The summed E-state index contributed by atoms with van der Waals surface area (Å²) in [7, 11) is 0. The predicted octanol–water partition coefficient (Wildman–Crippen LogP) is 1.06. The Morgan fingerprint density at radius 3 is 2.57 bits per heavy atom. The van der Waals surface area contributed by atoms with Crippen molar-refractivity contribution in [2.75, 3.05) is 45.9 Å². The molecule has 1 fully saturated rings. The van der Waals surface area contributed by atoms with Gasteiger partial charge >= 0.3 is 0 Å². The van der Waals surface area contributed by atoms with Crippen LogP contribution in [0.5, 0.6) is 0 Å². The highest BCUT2D eigenvalue weighted by molar-refractivity contribution is 5.97. The number of fused-ring (bicyclic) bond motifs is 1. The number of rotatable bonds is 8. The van der Waals surface area contributed by atoms with E-state index in [1.54, 1.807) is 0 Å². The van der Waals surface area contributed by atoms with Gasteiger partial charge in [-0.1, -0.05) is 13.8 Å². The van der Waals surface area contributed by atoms with Crippen molar-refractivity contribution in [3.8, 4) is 0 Å². The van der Waals surface area contributed by atoms with Crippen molar-refractivity contribution in [2.45, 2.75) is 46.1 Å². The Labute approximate surface area is 167 Å². The van der Waals surface area contributed by atoms with Crippen molar-refractivity contribution in [2.24, 2.45) is 5.92 Å². The first-order chi connectivity index (χ1) is 13.6. The Morgan fingerprint density at radius 1 is 1.07 bits per heavy atom. The number of morpholine rings is 1. The molecule has 0 unspecified atom stereocenters. The van der Waals surface area contributed by atoms with E-state index in [9.17, 15) is 9.59 Å². The summed E-state index contributed by atoms with van der Waals surface area (Å²) in [5.41, 5.74) is 1.31. The highest BCUT2D eigenvalue weighted by atomic mass is 16.5. The molecule has 2 N–H and O–H groups in total. The van der Waals surface area contributed by atoms with Gasteiger partial charge in [0.1, 0.15) is 5.69 Å². The highest BCUT2D eigenvalue weighted by Crippen LogP contribution is 2.21. The van der Waals surface area contributed by atoms with Crippen molar-refractivity contribution in [3.05, 3.63) is 17.2 Å². The van der Waals surface area contributed by atoms with E-state index in [2.05, 4.69) is 34.4 Å². The van der Waals surface area contributed by atoms with Gasteiger partial charge in [-0.25, -0.2) is 4.98 Å². The second-order valence-electron chi connectivity index (χ2n) is 7.99. The molecule has 0 aliphatic carbocycles. The minimum absolute atomic E-state index is 0.180. The van der Waals surface area contributed by atoms with Crippen LogP contribution in [-0.4, -0.2) is 72.2 Å². The molecular weight excluding hydrogens is 358 g/mol. The average molecular weight is 392 g/mol. The van der Waals surface area contributed by atoms with E-state index in [-0.39, 0.29) is 11.8 Å². The first-order valence-corrected chi connectivity index (χ1v) is 10.5. The summed E-state index contributed by atoms with van der Waals surface area (Å²) in [6.45, 7) is 10.3. The summed E-state index contributed by atoms with van der Waals surface area (Å²) >= 11 is 0. The number of hydrogen-bond donors (Lipinski definition) is 2. The number of imidazole rings is 1. The van der Waals surface area contributed by atoms with Crippen LogP contribution in [0.2, 0.25) is 0 Å². The standard InChI is InChI=1S/C20H33N5O3/c1-15(2)6-7-21-20(27)18-23-17(16-5-3-4-9-25(16)18)19(26)22-8-10-24-11-13-28-14-12-24/h15H,3-14H2,1-2H3,(H,21,27)(H,22,26). The maximum Gasteiger partial charge on any atom is 0.287 e. The molecule has 0 aromatic carbocycles. The summed E-state index contributed by atoms with van der Waals surface area (Å²) in [5.74, 6) is 0.537. The molecule has 0 spiro atoms. The van der Waals surface area contributed by atoms with Crippen LogP contribution in [0.1, 0.15) is 59.9 Å². The molecule has 2 amide bonds. The third kappa shape index (κ3) is 5.32. The van der Waals surface area contributed by atoms with Gasteiger partial charge in [-0.05, 0) is 31.6 Å². The summed E-state index contributed by atoms with van der Waals surface area (Å²) in [4.78, 5) is 32.1. The predicted molar refractivity (Wildman–Crippen MR) is 107 cm³/mol. The van der Waals surface area contributed by atoms with Gasteiger partial charge in [0.05, 0.1) is 18.9 Å². The number of nitrogens with zero attached hydrogens (tertiary/aromatic N) is 3. The lowest BCUT2D eigenvalue weighted by Gasteiger charge is -2.26. The van der Waals surface area contributed by atoms with E-state index in [4.69, 9.17) is 4.74 Å². The lowest BCUT2D eigenvalue weighted by Crippen LogP contribution is -2.41. The molecule has 2 aliphatic rings. The summed E-state index contributed by atoms with van der Waals surface area (Å²) in [6.07, 6.45) is 3.74. The Morgan fingerprint density at radius 2 is 1.82 bits per heavy atom. The number of carbonyl (C=O) groups is 2. The minimum Gasteiger partial charge on any atom is -0.379 e. The van der Waals surface area contributed by atoms with Gasteiger partial charge in [0, 0.05) is 39.3 Å². The van der Waals surface area contributed by atoms with Crippen molar-refractivity contribution < 1.29 is 14.3 Å². The third-order valence-electron chi connectivity index (χ3n) is 5.36. The van der Waals surface area contributed by atoms with Gasteiger partial charge in [-0.15, -0.1) is 0 Å². The van der Waals surface area contributed by atoms with Gasteiger partial charge in [-0.3, -0.25) is 14.5 Å². The maximum absolute atomic E-state index is 12.7. The van der Waals surface area contributed by atoms with Crippen LogP contribution in [0.3, 0.4) is 0 Å². The van der Waals surface area contributed by atoms with Gasteiger partial charge < -0.3 is 19.9 Å². The molecule has 0 atom stereocenters. The normalized spacial score (nSPS) is 17.4. The van der Waals surface area contributed by atoms with Crippen LogP contribution in [0.4, 0.5) is 0 Å². The first-order valence-electron chi connectivity index (χ1n) is 10.5. The minimum atomic E-state index is -0.184. The molecule has 0 radical (unpaired) electrons. The molecule has 8 heteroatoms. The fourth-order valence-corrected chi connectivity index (χ4v) is 3.69. The SMILES string of the molecule is CC(C)CCNC(=O)c1nc(C(=O)NCCN2CCOCC2)c2n1CCCC2. The van der Waals surface area contributed by atoms with Crippen molar-refractivity contribution in [3.63, 3.8) is 0 Å². The fourth-order valence-electron chi connectivity index (χ4n) is 3.69. The molecule has 1 saturated heterocycles. The molecule has 0 bridgehead atoms. The largest absolute Gasteiger partial charge is 0.379 e. The van der Waals surface area contributed by atoms with Crippen LogP contribution in [0.15, 0.2) is 0 Å². The van der Waals surface area contributed by atoms with Crippen molar-refractivity contribution >= 4 is 11.8 Å². The van der Waals surface area contributed by atoms with Crippen molar-refractivity contribution in [1.82, 2.24) is 25.1 Å². The quantitative estimate of drug-likeness (QED) is 0.692. The second-order valence-corrected chi connectivity index (χ2v) is 7.99. The molecule has 2 aliphatic heterocycles.